The lowest BCUT2D eigenvalue weighted by atomic mass is 10.1. The molecule has 0 saturated carbocycles. The first-order valence-electron chi connectivity index (χ1n) is 7.26. The van der Waals surface area contributed by atoms with Crippen LogP contribution in [0.25, 0.3) is 0 Å². The van der Waals surface area contributed by atoms with E-state index in [4.69, 9.17) is 0 Å². The van der Waals surface area contributed by atoms with Gasteiger partial charge in [-0.2, -0.15) is 0 Å². The summed E-state index contributed by atoms with van der Waals surface area (Å²) >= 11 is 3.41. The van der Waals surface area contributed by atoms with Crippen molar-refractivity contribution in [3.63, 3.8) is 0 Å². The second kappa shape index (κ2) is 8.17. The van der Waals surface area contributed by atoms with Gasteiger partial charge in [-0.3, -0.25) is 9.79 Å². The predicted octanol–water partition coefficient (Wildman–Crippen LogP) is 3.05. The zero-order chi connectivity index (χ0) is 16.8. The van der Waals surface area contributed by atoms with Gasteiger partial charge in [-0.05, 0) is 45.4 Å². The van der Waals surface area contributed by atoms with Crippen molar-refractivity contribution in [2.75, 3.05) is 18.9 Å². The van der Waals surface area contributed by atoms with Crippen molar-refractivity contribution in [1.29, 1.82) is 0 Å². The molecule has 0 heterocycles. The van der Waals surface area contributed by atoms with Crippen LogP contribution < -0.4 is 16.0 Å². The minimum atomic E-state index is -0.0719. The average molecular weight is 369 g/mol. The third-order valence-electron chi connectivity index (χ3n) is 2.84. The summed E-state index contributed by atoms with van der Waals surface area (Å²) in [5, 5.41) is 9.31. The zero-order valence-electron chi connectivity index (χ0n) is 13.9. The van der Waals surface area contributed by atoms with Crippen LogP contribution in [0.3, 0.4) is 0 Å². The fourth-order valence-corrected chi connectivity index (χ4v) is 2.13. The first-order chi connectivity index (χ1) is 10.2. The number of aliphatic imine (C=N–C) groups is 1. The van der Waals surface area contributed by atoms with Crippen LogP contribution in [0.15, 0.2) is 27.7 Å². The van der Waals surface area contributed by atoms with Crippen LogP contribution in [0.4, 0.5) is 5.69 Å². The normalized spacial score (nSPS) is 12.0. The largest absolute Gasteiger partial charge is 0.356 e. The summed E-state index contributed by atoms with van der Waals surface area (Å²) in [5.41, 5.74) is 1.80. The highest BCUT2D eigenvalue weighted by molar-refractivity contribution is 9.10. The molecule has 0 aliphatic heterocycles. The topological polar surface area (TPSA) is 65.5 Å². The van der Waals surface area contributed by atoms with E-state index >= 15 is 0 Å². The van der Waals surface area contributed by atoms with Gasteiger partial charge in [0.2, 0.25) is 5.91 Å². The van der Waals surface area contributed by atoms with Gasteiger partial charge in [-0.25, -0.2) is 0 Å². The molecule has 0 radical (unpaired) electrons. The molecule has 1 rings (SSSR count). The molecule has 0 atom stereocenters. The van der Waals surface area contributed by atoms with E-state index in [0.717, 1.165) is 15.7 Å². The van der Waals surface area contributed by atoms with Crippen LogP contribution in [0.1, 0.15) is 32.8 Å². The predicted molar refractivity (Wildman–Crippen MR) is 96.4 cm³/mol. The van der Waals surface area contributed by atoms with Gasteiger partial charge in [-0.1, -0.05) is 22.0 Å². The molecule has 0 unspecified atom stereocenters. The molecule has 0 aliphatic rings. The Kier molecular flexibility index (Phi) is 6.87. The van der Waals surface area contributed by atoms with E-state index in [-0.39, 0.29) is 11.4 Å². The second-order valence-corrected chi connectivity index (χ2v) is 7.05. The number of nitrogens with one attached hydrogen (secondary N) is 3. The molecular formula is C16H25BrN4O. The van der Waals surface area contributed by atoms with E-state index in [1.54, 1.807) is 7.05 Å². The van der Waals surface area contributed by atoms with Gasteiger partial charge in [0.1, 0.15) is 0 Å². The molecule has 22 heavy (non-hydrogen) atoms. The van der Waals surface area contributed by atoms with Crippen LogP contribution in [-0.2, 0) is 4.79 Å². The Labute approximate surface area is 141 Å². The molecule has 122 valence electrons. The Morgan fingerprint density at radius 1 is 1.32 bits per heavy atom. The Balaban J connectivity index is 2.45. The van der Waals surface area contributed by atoms with Gasteiger partial charge >= 0.3 is 0 Å². The standard InChI is InChI=1S/C16H25BrN4O/c1-11-6-7-12(17)10-13(11)20-14(22)8-9-19-15(18-5)21-16(2,3)4/h6-7,10H,8-9H2,1-5H3,(H,20,22)(H2,18,19,21). The number of carbonyl (C=O) groups is 1. The minimum absolute atomic E-state index is 0.0279. The van der Waals surface area contributed by atoms with Crippen LogP contribution in [0.5, 0.6) is 0 Å². The van der Waals surface area contributed by atoms with Gasteiger partial charge < -0.3 is 16.0 Å². The molecule has 0 fully saturated rings. The number of hydrogen-bond acceptors (Lipinski definition) is 2. The van der Waals surface area contributed by atoms with Gasteiger partial charge in [0.05, 0.1) is 0 Å². The maximum absolute atomic E-state index is 12.0. The van der Waals surface area contributed by atoms with Crippen LogP contribution in [-0.4, -0.2) is 31.0 Å². The van der Waals surface area contributed by atoms with Crippen molar-refractivity contribution in [2.45, 2.75) is 39.7 Å². The highest BCUT2D eigenvalue weighted by atomic mass is 79.9. The molecule has 0 aromatic heterocycles. The number of guanidine groups is 1. The summed E-state index contributed by atoms with van der Waals surface area (Å²) in [6, 6.07) is 5.82. The molecule has 0 aliphatic carbocycles. The molecule has 0 spiro atoms. The van der Waals surface area contributed by atoms with E-state index in [0.29, 0.717) is 18.9 Å². The highest BCUT2D eigenvalue weighted by Gasteiger charge is 2.12. The van der Waals surface area contributed by atoms with Gasteiger partial charge in [-0.15, -0.1) is 0 Å². The summed E-state index contributed by atoms with van der Waals surface area (Å²) in [7, 11) is 1.71. The molecule has 5 nitrogen and oxygen atoms in total. The fraction of sp³-hybridized carbons (Fsp3) is 0.500. The number of anilines is 1. The number of halogens is 1. The van der Waals surface area contributed by atoms with Gasteiger partial charge in [0, 0.05) is 35.7 Å². The Bertz CT molecular complexity index is 550. The zero-order valence-corrected chi connectivity index (χ0v) is 15.5. The third-order valence-corrected chi connectivity index (χ3v) is 3.33. The lowest BCUT2D eigenvalue weighted by Gasteiger charge is -2.23. The van der Waals surface area contributed by atoms with E-state index < -0.39 is 0 Å². The quantitative estimate of drug-likeness (QED) is 0.565. The Morgan fingerprint density at radius 2 is 2.00 bits per heavy atom. The Morgan fingerprint density at radius 3 is 2.59 bits per heavy atom. The smallest absolute Gasteiger partial charge is 0.226 e. The molecule has 0 bridgehead atoms. The van der Waals surface area contributed by atoms with Crippen molar-refractivity contribution < 1.29 is 4.79 Å². The summed E-state index contributed by atoms with van der Waals surface area (Å²) in [6.07, 6.45) is 0.372. The average Bonchev–Trinajstić information content (AvgIpc) is 2.40. The van der Waals surface area contributed by atoms with Crippen LogP contribution >= 0.6 is 15.9 Å². The molecule has 1 amide bonds. The molecule has 6 heteroatoms. The molecule has 0 saturated heterocycles. The third kappa shape index (κ3) is 6.93. The Hall–Kier alpha value is -1.56. The second-order valence-electron chi connectivity index (χ2n) is 6.13. The number of carbonyl (C=O) groups excluding carboxylic acids is 1. The van der Waals surface area contributed by atoms with Crippen molar-refractivity contribution in [1.82, 2.24) is 10.6 Å². The molecule has 3 N–H and O–H groups in total. The van der Waals surface area contributed by atoms with Gasteiger partial charge in [0.15, 0.2) is 5.96 Å². The lowest BCUT2D eigenvalue weighted by Crippen LogP contribution is -2.48. The molecule has 1 aromatic rings. The van der Waals surface area contributed by atoms with Crippen LogP contribution in [0, 0.1) is 6.92 Å². The fourth-order valence-electron chi connectivity index (χ4n) is 1.77. The number of rotatable bonds is 4. The lowest BCUT2D eigenvalue weighted by molar-refractivity contribution is -0.116. The molecule has 1 aromatic carbocycles. The number of aryl methyl sites for hydroxylation is 1. The maximum Gasteiger partial charge on any atom is 0.226 e. The summed E-state index contributed by atoms with van der Waals surface area (Å²) in [6.45, 7) is 8.66. The van der Waals surface area contributed by atoms with E-state index in [9.17, 15) is 4.79 Å². The first kappa shape index (κ1) is 18.5. The number of benzene rings is 1. The SMILES string of the molecule is CN=C(NCCC(=O)Nc1cc(Br)ccc1C)NC(C)(C)C. The maximum atomic E-state index is 12.0. The summed E-state index contributed by atoms with van der Waals surface area (Å²) in [5.74, 6) is 0.666. The first-order valence-corrected chi connectivity index (χ1v) is 8.05. The summed E-state index contributed by atoms with van der Waals surface area (Å²) < 4.78 is 0.946. The van der Waals surface area contributed by atoms with Gasteiger partial charge in [0.25, 0.3) is 0 Å². The van der Waals surface area contributed by atoms with Crippen molar-refractivity contribution in [3.8, 4) is 0 Å². The molecular weight excluding hydrogens is 344 g/mol. The van der Waals surface area contributed by atoms with E-state index in [2.05, 4.69) is 57.6 Å². The monoisotopic (exact) mass is 368 g/mol. The number of hydrogen-bond donors (Lipinski definition) is 3. The van der Waals surface area contributed by atoms with Crippen molar-refractivity contribution in [3.05, 3.63) is 28.2 Å². The number of nitrogens with zero attached hydrogens (tertiary/aromatic N) is 1. The summed E-state index contributed by atoms with van der Waals surface area (Å²) in [4.78, 5) is 16.1. The van der Waals surface area contributed by atoms with Crippen molar-refractivity contribution >= 4 is 33.5 Å². The minimum Gasteiger partial charge on any atom is -0.356 e. The van der Waals surface area contributed by atoms with Crippen molar-refractivity contribution in [2.24, 2.45) is 4.99 Å². The number of amides is 1. The van der Waals surface area contributed by atoms with E-state index in [1.165, 1.54) is 0 Å². The van der Waals surface area contributed by atoms with E-state index in [1.807, 2.05) is 25.1 Å². The van der Waals surface area contributed by atoms with Crippen LogP contribution in [0.2, 0.25) is 0 Å². The highest BCUT2D eigenvalue weighted by Crippen LogP contribution is 2.20.